The second-order valence-electron chi connectivity index (χ2n) is 5.62. The number of rotatable bonds is 4. The van der Waals surface area contributed by atoms with E-state index in [4.69, 9.17) is 11.6 Å². The van der Waals surface area contributed by atoms with Crippen molar-refractivity contribution in [3.8, 4) is 0 Å². The zero-order valence-electron chi connectivity index (χ0n) is 13.9. The molecule has 0 saturated carbocycles. The number of carbonyl (C=O) groups is 1. The molecule has 0 unspecified atom stereocenters. The molecule has 3 rings (SSSR count). The second-order valence-corrected chi connectivity index (χ2v) is 6.01. The van der Waals surface area contributed by atoms with Gasteiger partial charge >= 0.3 is 0 Å². The lowest BCUT2D eigenvalue weighted by molar-refractivity contribution is 0.101. The Labute approximate surface area is 145 Å². The smallest absolute Gasteiger partial charge is 0.273 e. The van der Waals surface area contributed by atoms with Crippen LogP contribution in [-0.2, 0) is 13.0 Å². The van der Waals surface area contributed by atoms with Gasteiger partial charge in [-0.3, -0.25) is 4.79 Å². The summed E-state index contributed by atoms with van der Waals surface area (Å²) in [5.74, 6) is 0.186. The fraction of sp³-hybridized carbons (Fsp3) is 0.278. The van der Waals surface area contributed by atoms with Gasteiger partial charge in [-0.2, -0.15) is 0 Å². The van der Waals surface area contributed by atoms with E-state index in [9.17, 15) is 4.79 Å². The van der Waals surface area contributed by atoms with Crippen LogP contribution >= 0.6 is 11.6 Å². The first-order chi connectivity index (χ1) is 11.5. The molecule has 0 aliphatic heterocycles. The van der Waals surface area contributed by atoms with E-state index in [1.165, 1.54) is 5.56 Å². The predicted octanol–water partition coefficient (Wildman–Crippen LogP) is 4.23. The quantitative estimate of drug-likeness (QED) is 0.772. The predicted molar refractivity (Wildman–Crippen MR) is 96.7 cm³/mol. The number of benzene rings is 1. The Hall–Kier alpha value is -2.40. The minimum atomic E-state index is -0.194. The lowest BCUT2D eigenvalue weighted by Gasteiger charge is -2.09. The number of aromatic nitrogens is 3. The molecule has 1 N–H and O–H groups in total. The number of carbonyl (C=O) groups excluding carboxylic acids is 1. The fourth-order valence-electron chi connectivity index (χ4n) is 2.97. The molecular formula is C18H19ClN4O. The summed E-state index contributed by atoms with van der Waals surface area (Å²) in [7, 11) is 0. The molecule has 0 spiro atoms. The van der Waals surface area contributed by atoms with Crippen LogP contribution in [0.5, 0.6) is 0 Å². The normalized spacial score (nSPS) is 11.0. The number of nitrogens with zero attached hydrogens (tertiary/aromatic N) is 3. The van der Waals surface area contributed by atoms with Gasteiger partial charge in [0, 0.05) is 17.4 Å². The van der Waals surface area contributed by atoms with Gasteiger partial charge < -0.3 is 9.88 Å². The minimum Gasteiger partial charge on any atom is -0.337 e. The monoisotopic (exact) mass is 342 g/mol. The Morgan fingerprint density at radius 3 is 2.62 bits per heavy atom. The zero-order valence-corrected chi connectivity index (χ0v) is 14.7. The third-order valence-electron chi connectivity index (χ3n) is 4.19. The Kier molecular flexibility index (Phi) is 4.53. The molecule has 2 heterocycles. The summed E-state index contributed by atoms with van der Waals surface area (Å²) >= 11 is 5.73. The number of hydrogen-bond acceptors (Lipinski definition) is 3. The standard InChI is InChI=1S/C18H19ClN4O/c1-4-12-6-7-14-13(10-12)11(3)17(23(14)5-2)18(24)20-16-9-8-15(19)21-22-16/h6-10H,4-5H2,1-3H3,(H,20,22,24). The number of nitrogens with one attached hydrogen (secondary N) is 1. The Morgan fingerprint density at radius 1 is 1.21 bits per heavy atom. The summed E-state index contributed by atoms with van der Waals surface area (Å²) in [4.78, 5) is 12.8. The summed E-state index contributed by atoms with van der Waals surface area (Å²) in [5.41, 5.74) is 3.95. The molecule has 3 aromatic rings. The lowest BCUT2D eigenvalue weighted by atomic mass is 10.1. The van der Waals surface area contributed by atoms with Crippen LogP contribution in [0.15, 0.2) is 30.3 Å². The van der Waals surface area contributed by atoms with Crippen molar-refractivity contribution in [2.24, 2.45) is 0 Å². The van der Waals surface area contributed by atoms with Crippen molar-refractivity contribution in [3.05, 3.63) is 52.3 Å². The largest absolute Gasteiger partial charge is 0.337 e. The van der Waals surface area contributed by atoms with Crippen LogP contribution < -0.4 is 5.32 Å². The molecule has 1 amide bonds. The van der Waals surface area contributed by atoms with Crippen LogP contribution in [0, 0.1) is 6.92 Å². The molecule has 5 nitrogen and oxygen atoms in total. The molecule has 0 aliphatic rings. The van der Waals surface area contributed by atoms with E-state index in [0.29, 0.717) is 23.2 Å². The molecule has 0 aliphatic carbocycles. The van der Waals surface area contributed by atoms with Crippen LogP contribution in [0.25, 0.3) is 10.9 Å². The highest BCUT2D eigenvalue weighted by molar-refractivity contribution is 6.29. The van der Waals surface area contributed by atoms with Crippen molar-refractivity contribution < 1.29 is 4.79 Å². The van der Waals surface area contributed by atoms with Gasteiger partial charge in [-0.05, 0) is 55.7 Å². The Morgan fingerprint density at radius 2 is 2.00 bits per heavy atom. The first-order valence-electron chi connectivity index (χ1n) is 7.97. The SMILES string of the molecule is CCc1ccc2c(c1)c(C)c(C(=O)Nc1ccc(Cl)nn1)n2CC. The maximum atomic E-state index is 12.8. The summed E-state index contributed by atoms with van der Waals surface area (Å²) in [5, 5.41) is 11.8. The zero-order chi connectivity index (χ0) is 17.3. The molecule has 1 aromatic carbocycles. The number of halogens is 1. The van der Waals surface area contributed by atoms with Crippen LogP contribution in [-0.4, -0.2) is 20.7 Å². The van der Waals surface area contributed by atoms with Crippen LogP contribution in [0.3, 0.4) is 0 Å². The van der Waals surface area contributed by atoms with Crippen molar-refractivity contribution in [1.82, 2.24) is 14.8 Å². The van der Waals surface area contributed by atoms with Crippen LogP contribution in [0.1, 0.15) is 35.5 Å². The molecule has 0 bridgehead atoms. The third kappa shape index (κ3) is 2.87. The average molecular weight is 343 g/mol. The maximum Gasteiger partial charge on any atom is 0.273 e. The Balaban J connectivity index is 2.05. The number of hydrogen-bond donors (Lipinski definition) is 1. The molecule has 124 valence electrons. The van der Waals surface area contributed by atoms with E-state index in [1.54, 1.807) is 12.1 Å². The summed E-state index contributed by atoms with van der Waals surface area (Å²) in [6.07, 6.45) is 0.967. The first kappa shape index (κ1) is 16.5. The third-order valence-corrected chi connectivity index (χ3v) is 4.40. The van der Waals surface area contributed by atoms with E-state index >= 15 is 0 Å². The molecule has 2 aromatic heterocycles. The topological polar surface area (TPSA) is 59.8 Å². The maximum absolute atomic E-state index is 12.8. The summed E-state index contributed by atoms with van der Waals surface area (Å²) < 4.78 is 2.03. The fourth-order valence-corrected chi connectivity index (χ4v) is 3.07. The number of anilines is 1. The number of aryl methyl sites for hydroxylation is 3. The summed E-state index contributed by atoms with van der Waals surface area (Å²) in [6, 6.07) is 9.59. The van der Waals surface area contributed by atoms with Crippen LogP contribution in [0.4, 0.5) is 5.82 Å². The first-order valence-corrected chi connectivity index (χ1v) is 8.35. The molecular weight excluding hydrogens is 324 g/mol. The Bertz CT molecular complexity index is 900. The van der Waals surface area contributed by atoms with Gasteiger partial charge in [0.2, 0.25) is 0 Å². The highest BCUT2D eigenvalue weighted by atomic mass is 35.5. The highest BCUT2D eigenvalue weighted by Gasteiger charge is 2.20. The molecule has 0 fully saturated rings. The molecule has 24 heavy (non-hydrogen) atoms. The lowest BCUT2D eigenvalue weighted by Crippen LogP contribution is -2.18. The molecule has 0 radical (unpaired) electrons. The summed E-state index contributed by atoms with van der Waals surface area (Å²) in [6.45, 7) is 6.85. The number of fused-ring (bicyclic) bond motifs is 1. The average Bonchev–Trinajstić information content (AvgIpc) is 2.88. The second kappa shape index (κ2) is 6.61. The van der Waals surface area contributed by atoms with Crippen molar-refractivity contribution >= 4 is 34.2 Å². The van der Waals surface area contributed by atoms with Gasteiger partial charge in [0.25, 0.3) is 5.91 Å². The van der Waals surface area contributed by atoms with Crippen molar-refractivity contribution in [2.45, 2.75) is 33.7 Å². The van der Waals surface area contributed by atoms with Gasteiger partial charge in [-0.25, -0.2) is 0 Å². The van der Waals surface area contributed by atoms with E-state index in [-0.39, 0.29) is 5.91 Å². The van der Waals surface area contributed by atoms with Crippen LogP contribution in [0.2, 0.25) is 5.15 Å². The van der Waals surface area contributed by atoms with Gasteiger partial charge in [-0.15, -0.1) is 10.2 Å². The molecule has 6 heteroatoms. The van der Waals surface area contributed by atoms with E-state index < -0.39 is 0 Å². The van der Waals surface area contributed by atoms with Crippen molar-refractivity contribution in [1.29, 1.82) is 0 Å². The molecule has 0 atom stereocenters. The number of amides is 1. The highest BCUT2D eigenvalue weighted by Crippen LogP contribution is 2.27. The minimum absolute atomic E-state index is 0.194. The van der Waals surface area contributed by atoms with Gasteiger partial charge in [0.1, 0.15) is 5.69 Å². The molecule has 0 saturated heterocycles. The van der Waals surface area contributed by atoms with Gasteiger partial charge in [0.15, 0.2) is 11.0 Å². The van der Waals surface area contributed by atoms with Crippen molar-refractivity contribution in [3.63, 3.8) is 0 Å². The van der Waals surface area contributed by atoms with Gasteiger partial charge in [-0.1, -0.05) is 24.6 Å². The van der Waals surface area contributed by atoms with E-state index in [2.05, 4.69) is 40.6 Å². The van der Waals surface area contributed by atoms with Gasteiger partial charge in [0.05, 0.1) is 0 Å². The van der Waals surface area contributed by atoms with Crippen molar-refractivity contribution in [2.75, 3.05) is 5.32 Å². The van der Waals surface area contributed by atoms with E-state index in [0.717, 1.165) is 22.9 Å². The van der Waals surface area contributed by atoms with E-state index in [1.807, 2.05) is 18.4 Å².